The van der Waals surface area contributed by atoms with Gasteiger partial charge in [-0.1, -0.05) is 0 Å². The minimum atomic E-state index is -4.89. The molecule has 0 saturated heterocycles. The molecule has 0 aliphatic rings. The van der Waals surface area contributed by atoms with Gasteiger partial charge in [-0.15, -0.1) is 0 Å². The quantitative estimate of drug-likeness (QED) is 0.128. The van der Waals surface area contributed by atoms with E-state index in [-0.39, 0.29) is 30.2 Å². The van der Waals surface area contributed by atoms with Gasteiger partial charge < -0.3 is 31.3 Å². The van der Waals surface area contributed by atoms with Gasteiger partial charge in [-0.05, 0) is 50.5 Å². The normalized spacial score (nSPS) is 14.0. The van der Waals surface area contributed by atoms with Gasteiger partial charge in [0.15, 0.2) is 0 Å². The fourth-order valence-corrected chi connectivity index (χ4v) is 3.13. The minimum absolute atomic E-state index is 0.0463. The topological polar surface area (TPSA) is 128 Å². The predicted molar refractivity (Wildman–Crippen MR) is 118 cm³/mol. The molecule has 13 heteroatoms. The first-order valence-electron chi connectivity index (χ1n) is 10.8. The van der Waals surface area contributed by atoms with E-state index in [0.29, 0.717) is 25.7 Å². The molecule has 2 unspecified atom stereocenters. The number of rotatable bonds is 10. The molecule has 0 fully saturated rings. The summed E-state index contributed by atoms with van der Waals surface area (Å²) < 4.78 is 76.5. The molecule has 2 aromatic rings. The summed E-state index contributed by atoms with van der Waals surface area (Å²) in [6.07, 6.45) is -5.42. The fourth-order valence-electron chi connectivity index (χ4n) is 3.13. The summed E-state index contributed by atoms with van der Waals surface area (Å²) in [5.41, 5.74) is 11.4. The maximum absolute atomic E-state index is 13.5. The van der Waals surface area contributed by atoms with E-state index >= 15 is 0 Å². The fraction of sp³-hybridized carbons (Fsp3) is 0.455. The van der Waals surface area contributed by atoms with Gasteiger partial charge in [0.05, 0.1) is 11.7 Å². The molecule has 6 N–H and O–H groups in total. The number of furan rings is 1. The van der Waals surface area contributed by atoms with Crippen molar-refractivity contribution in [2.75, 3.05) is 19.8 Å². The monoisotopic (exact) mass is 505 g/mol. The number of nitrogens with one attached hydrogen (secondary N) is 2. The molecule has 0 spiro atoms. The molecule has 0 aliphatic heterocycles. The maximum atomic E-state index is 13.5. The zero-order valence-electron chi connectivity index (χ0n) is 19.2. The molecular formula is C22H28F5N5O3. The zero-order valence-corrected chi connectivity index (χ0v) is 19.2. The molecule has 1 amide bonds. The first-order chi connectivity index (χ1) is 16.4. The highest BCUT2D eigenvalue weighted by atomic mass is 19.4. The number of ether oxygens (including phenoxy) is 1. The van der Waals surface area contributed by atoms with E-state index in [0.717, 1.165) is 18.2 Å². The lowest BCUT2D eigenvalue weighted by atomic mass is 10.0. The number of hydrogen-bond donors (Lipinski definition) is 4. The lowest BCUT2D eigenvalue weighted by Crippen LogP contribution is -2.49. The first kappa shape index (κ1) is 28.2. The number of amides is 1. The summed E-state index contributed by atoms with van der Waals surface area (Å²) >= 11 is 0. The van der Waals surface area contributed by atoms with Crippen molar-refractivity contribution < 1.29 is 35.9 Å². The van der Waals surface area contributed by atoms with Crippen LogP contribution >= 0.6 is 0 Å². The predicted octanol–water partition coefficient (Wildman–Crippen LogP) is 3.36. The number of alkyl halides is 3. The van der Waals surface area contributed by atoms with Gasteiger partial charge in [0.2, 0.25) is 11.7 Å². The van der Waals surface area contributed by atoms with E-state index in [9.17, 15) is 26.7 Å². The Kier molecular flexibility index (Phi) is 10.2. The molecule has 35 heavy (non-hydrogen) atoms. The number of guanidine groups is 1. The van der Waals surface area contributed by atoms with Gasteiger partial charge in [-0.25, -0.2) is 8.78 Å². The van der Waals surface area contributed by atoms with Crippen LogP contribution in [0.3, 0.4) is 0 Å². The van der Waals surface area contributed by atoms with Crippen LogP contribution in [0.25, 0.3) is 0 Å². The summed E-state index contributed by atoms with van der Waals surface area (Å²) in [7, 11) is 0. The van der Waals surface area contributed by atoms with Gasteiger partial charge >= 0.3 is 6.18 Å². The van der Waals surface area contributed by atoms with Crippen molar-refractivity contribution in [3.63, 3.8) is 0 Å². The Morgan fingerprint density at radius 2 is 1.83 bits per heavy atom. The summed E-state index contributed by atoms with van der Waals surface area (Å²) in [6, 6.07) is 2.88. The van der Waals surface area contributed by atoms with Crippen LogP contribution in [0.1, 0.15) is 53.2 Å². The smallest absolute Gasteiger partial charge is 0.450 e. The number of hydrogen-bond acceptors (Lipinski definition) is 5. The second kappa shape index (κ2) is 12.6. The number of aliphatic imine (C=N–C) groups is 1. The lowest BCUT2D eigenvalue weighted by Gasteiger charge is -2.21. The molecule has 8 nitrogen and oxygen atoms in total. The number of carbonyl (C=O) groups excluding carboxylic acids is 1. The standard InChI is InChI=1S/C22H28F5N5O3/c1-3-34-6-4-5-30-21(32-20(33)16-7-12(2)35-19(16)22(25,26)27)31-18(29)11-17(28)13-8-14(23)10-15(24)9-13/h7-10,17-18H,3-6,11,28-29H2,1-2H3,(H2,30,31,32,33). The molecule has 2 atom stereocenters. The number of nitrogens with two attached hydrogens (primary N) is 2. The largest absolute Gasteiger partial charge is 0.456 e. The van der Waals surface area contributed by atoms with Crippen LogP contribution in [0, 0.1) is 18.6 Å². The SMILES string of the molecule is CCOCCCN/C(=N/C(=O)c1cc(C)oc1C(F)(F)F)NC(N)CC(N)c1cc(F)cc(F)c1. The van der Waals surface area contributed by atoms with Crippen molar-refractivity contribution in [3.05, 3.63) is 58.5 Å². The second-order valence-corrected chi connectivity index (χ2v) is 7.64. The molecule has 1 heterocycles. The first-order valence-corrected chi connectivity index (χ1v) is 10.8. The summed E-state index contributed by atoms with van der Waals surface area (Å²) in [5.74, 6) is -4.60. The Bertz CT molecular complexity index is 1010. The Hall–Kier alpha value is -3.03. The highest BCUT2D eigenvalue weighted by Gasteiger charge is 2.40. The van der Waals surface area contributed by atoms with Gasteiger partial charge in [0.25, 0.3) is 5.91 Å². The van der Waals surface area contributed by atoms with Gasteiger partial charge in [0, 0.05) is 31.9 Å². The summed E-state index contributed by atoms with van der Waals surface area (Å²) in [5, 5.41) is 5.47. The van der Waals surface area contributed by atoms with E-state index in [4.69, 9.17) is 16.2 Å². The second-order valence-electron chi connectivity index (χ2n) is 7.64. The van der Waals surface area contributed by atoms with Crippen LogP contribution in [0.5, 0.6) is 0 Å². The molecular weight excluding hydrogens is 477 g/mol. The van der Waals surface area contributed by atoms with Crippen LogP contribution in [0.15, 0.2) is 33.7 Å². The average Bonchev–Trinajstić information content (AvgIpc) is 3.15. The van der Waals surface area contributed by atoms with E-state index in [1.807, 2.05) is 6.92 Å². The van der Waals surface area contributed by atoms with E-state index in [1.54, 1.807) is 0 Å². The van der Waals surface area contributed by atoms with Crippen molar-refractivity contribution >= 4 is 11.9 Å². The Morgan fingerprint density at radius 1 is 1.17 bits per heavy atom. The highest BCUT2D eigenvalue weighted by Crippen LogP contribution is 2.34. The third kappa shape index (κ3) is 8.92. The Balaban J connectivity index is 2.18. The zero-order chi connectivity index (χ0) is 26.2. The molecule has 194 valence electrons. The molecule has 0 radical (unpaired) electrons. The highest BCUT2D eigenvalue weighted by molar-refractivity contribution is 6.03. The van der Waals surface area contributed by atoms with Crippen molar-refractivity contribution in [3.8, 4) is 0 Å². The number of benzene rings is 1. The number of carbonyl (C=O) groups is 1. The van der Waals surface area contributed by atoms with Crippen LogP contribution in [-0.2, 0) is 10.9 Å². The van der Waals surface area contributed by atoms with Gasteiger partial charge in [0.1, 0.15) is 17.4 Å². The van der Waals surface area contributed by atoms with E-state index in [1.165, 1.54) is 6.92 Å². The molecule has 1 aromatic heterocycles. The maximum Gasteiger partial charge on any atom is 0.450 e. The minimum Gasteiger partial charge on any atom is -0.456 e. The Labute approximate surface area is 198 Å². The van der Waals surface area contributed by atoms with Crippen LogP contribution < -0.4 is 22.1 Å². The summed E-state index contributed by atoms with van der Waals surface area (Å²) in [4.78, 5) is 16.3. The lowest BCUT2D eigenvalue weighted by molar-refractivity contribution is -0.153. The summed E-state index contributed by atoms with van der Waals surface area (Å²) in [6.45, 7) is 4.24. The van der Waals surface area contributed by atoms with Crippen LogP contribution in [-0.4, -0.2) is 37.8 Å². The van der Waals surface area contributed by atoms with E-state index < -0.39 is 47.2 Å². The van der Waals surface area contributed by atoms with Gasteiger partial charge in [-0.2, -0.15) is 18.2 Å². The Morgan fingerprint density at radius 3 is 2.43 bits per heavy atom. The van der Waals surface area contributed by atoms with Crippen LogP contribution in [0.2, 0.25) is 0 Å². The van der Waals surface area contributed by atoms with Crippen molar-refractivity contribution in [2.45, 2.75) is 45.1 Å². The van der Waals surface area contributed by atoms with Crippen molar-refractivity contribution in [1.29, 1.82) is 0 Å². The number of nitrogens with zero attached hydrogens (tertiary/aromatic N) is 1. The average molecular weight is 505 g/mol. The number of halogens is 5. The molecule has 0 saturated carbocycles. The van der Waals surface area contributed by atoms with E-state index in [2.05, 4.69) is 20.0 Å². The third-order valence-corrected chi connectivity index (χ3v) is 4.66. The van der Waals surface area contributed by atoms with Crippen LogP contribution in [0.4, 0.5) is 22.0 Å². The molecule has 0 aliphatic carbocycles. The molecule has 2 rings (SSSR count). The third-order valence-electron chi connectivity index (χ3n) is 4.66. The van der Waals surface area contributed by atoms with Crippen molar-refractivity contribution in [1.82, 2.24) is 10.6 Å². The molecule has 0 bridgehead atoms. The number of aryl methyl sites for hydroxylation is 1. The van der Waals surface area contributed by atoms with Crippen molar-refractivity contribution in [2.24, 2.45) is 16.5 Å². The molecule has 1 aromatic carbocycles. The van der Waals surface area contributed by atoms with Gasteiger partial charge in [-0.3, -0.25) is 4.79 Å².